The minimum Gasteiger partial charge on any atom is -0.497 e. The average Bonchev–Trinajstić information content (AvgIpc) is 2.38. The molecule has 0 aliphatic rings. The fourth-order valence-electron chi connectivity index (χ4n) is 1.49. The second kappa shape index (κ2) is 7.08. The van der Waals surface area contributed by atoms with Gasteiger partial charge in [-0.25, -0.2) is 4.79 Å². The second-order valence-electron chi connectivity index (χ2n) is 3.39. The Kier molecular flexibility index (Phi) is 5.74. The molecule has 1 aromatic carbocycles. The summed E-state index contributed by atoms with van der Waals surface area (Å²) in [7, 11) is 2.98. The molecule has 5 nitrogen and oxygen atoms in total. The molecule has 100 valence electrons. The van der Waals surface area contributed by atoms with Gasteiger partial charge in [-0.3, -0.25) is 0 Å². The summed E-state index contributed by atoms with van der Waals surface area (Å²) < 4.78 is 15.4. The zero-order valence-electron chi connectivity index (χ0n) is 10.2. The molecule has 0 amide bonds. The van der Waals surface area contributed by atoms with Gasteiger partial charge in [-0.2, -0.15) is 0 Å². The number of ether oxygens (including phenoxy) is 3. The lowest BCUT2D eigenvalue weighted by Gasteiger charge is -2.17. The van der Waals surface area contributed by atoms with Gasteiger partial charge < -0.3 is 19.3 Å². The van der Waals surface area contributed by atoms with Crippen LogP contribution in [0, 0.1) is 0 Å². The molecule has 0 heterocycles. The Morgan fingerprint density at radius 3 is 2.61 bits per heavy atom. The van der Waals surface area contributed by atoms with E-state index in [4.69, 9.17) is 30.9 Å². The molecule has 1 N–H and O–H groups in total. The van der Waals surface area contributed by atoms with Crippen molar-refractivity contribution in [2.24, 2.45) is 0 Å². The van der Waals surface area contributed by atoms with Crippen LogP contribution in [0.25, 0.3) is 0 Å². The highest BCUT2D eigenvalue weighted by atomic mass is 35.5. The largest absolute Gasteiger partial charge is 0.497 e. The first-order chi connectivity index (χ1) is 8.63. The first kappa shape index (κ1) is 14.6. The molecule has 0 aromatic heterocycles. The fraction of sp³-hybridized carbons (Fsp3) is 0.417. The van der Waals surface area contributed by atoms with Crippen LogP contribution in [0.5, 0.6) is 11.5 Å². The lowest BCUT2D eigenvalue weighted by atomic mass is 10.1. The summed E-state index contributed by atoms with van der Waals surface area (Å²) in [5.74, 6) is 0.111. The van der Waals surface area contributed by atoms with Crippen LogP contribution in [0.2, 0.25) is 0 Å². The van der Waals surface area contributed by atoms with Gasteiger partial charge in [0.1, 0.15) is 11.5 Å². The monoisotopic (exact) mass is 274 g/mol. The van der Waals surface area contributed by atoms with Crippen LogP contribution in [0.1, 0.15) is 11.7 Å². The van der Waals surface area contributed by atoms with E-state index in [1.807, 2.05) is 0 Å². The summed E-state index contributed by atoms with van der Waals surface area (Å²) in [4.78, 5) is 11.2. The van der Waals surface area contributed by atoms with Gasteiger partial charge in [0.2, 0.25) is 0 Å². The Balaban J connectivity index is 3.06. The highest BCUT2D eigenvalue weighted by molar-refractivity contribution is 6.17. The standard InChI is InChI=1S/C12H15ClO5/c1-16-8-3-4-9(10(7-8)17-2)11(12(14)15)18-6-5-13/h3-4,7,11H,5-6H2,1-2H3,(H,14,15). The van der Waals surface area contributed by atoms with Crippen molar-refractivity contribution in [2.75, 3.05) is 26.7 Å². The molecule has 1 rings (SSSR count). The molecule has 0 saturated carbocycles. The molecule has 0 fully saturated rings. The quantitative estimate of drug-likeness (QED) is 0.771. The fourth-order valence-corrected chi connectivity index (χ4v) is 1.58. The SMILES string of the molecule is COc1ccc(C(OCCCl)C(=O)O)c(OC)c1. The Hall–Kier alpha value is -1.46. The van der Waals surface area contributed by atoms with E-state index in [1.165, 1.54) is 14.2 Å². The average molecular weight is 275 g/mol. The van der Waals surface area contributed by atoms with E-state index in [1.54, 1.807) is 18.2 Å². The third-order valence-electron chi connectivity index (χ3n) is 2.31. The molecule has 1 atom stereocenters. The number of halogens is 1. The van der Waals surface area contributed by atoms with Crippen molar-refractivity contribution < 1.29 is 24.1 Å². The van der Waals surface area contributed by atoms with Gasteiger partial charge in [0.15, 0.2) is 6.10 Å². The maximum atomic E-state index is 11.2. The number of carbonyl (C=O) groups is 1. The number of alkyl halides is 1. The van der Waals surface area contributed by atoms with E-state index < -0.39 is 12.1 Å². The summed E-state index contributed by atoms with van der Waals surface area (Å²) in [6, 6.07) is 4.86. The van der Waals surface area contributed by atoms with Crippen molar-refractivity contribution in [3.05, 3.63) is 23.8 Å². The second-order valence-corrected chi connectivity index (χ2v) is 3.76. The van der Waals surface area contributed by atoms with Crippen molar-refractivity contribution in [1.82, 2.24) is 0 Å². The topological polar surface area (TPSA) is 65.0 Å². The van der Waals surface area contributed by atoms with Crippen LogP contribution in [0.15, 0.2) is 18.2 Å². The van der Waals surface area contributed by atoms with Gasteiger partial charge in [0.05, 0.1) is 20.8 Å². The van der Waals surface area contributed by atoms with Crippen LogP contribution in [-0.4, -0.2) is 37.8 Å². The van der Waals surface area contributed by atoms with E-state index in [2.05, 4.69) is 0 Å². The third-order valence-corrected chi connectivity index (χ3v) is 2.46. The van der Waals surface area contributed by atoms with Gasteiger partial charge in [0.25, 0.3) is 0 Å². The normalized spacial score (nSPS) is 11.9. The lowest BCUT2D eigenvalue weighted by molar-refractivity contribution is -0.150. The van der Waals surface area contributed by atoms with E-state index in [-0.39, 0.29) is 12.5 Å². The summed E-state index contributed by atoms with van der Waals surface area (Å²) in [5.41, 5.74) is 0.427. The number of hydrogen-bond acceptors (Lipinski definition) is 4. The third kappa shape index (κ3) is 3.51. The molecular formula is C12H15ClO5. The zero-order chi connectivity index (χ0) is 13.5. The van der Waals surface area contributed by atoms with Crippen molar-refractivity contribution in [2.45, 2.75) is 6.10 Å². The van der Waals surface area contributed by atoms with E-state index in [0.29, 0.717) is 17.1 Å². The molecule has 0 bridgehead atoms. The lowest BCUT2D eigenvalue weighted by Crippen LogP contribution is -2.17. The minimum atomic E-state index is -1.11. The summed E-state index contributed by atoms with van der Waals surface area (Å²) >= 11 is 5.49. The number of methoxy groups -OCH3 is 2. The number of aliphatic carboxylic acids is 1. The predicted molar refractivity (Wildman–Crippen MR) is 66.6 cm³/mol. The van der Waals surface area contributed by atoms with Crippen LogP contribution in [0.3, 0.4) is 0 Å². The van der Waals surface area contributed by atoms with Gasteiger partial charge >= 0.3 is 5.97 Å². The Bertz CT molecular complexity index is 407. The molecule has 6 heteroatoms. The highest BCUT2D eigenvalue weighted by Gasteiger charge is 2.24. The number of carboxylic acid groups (broad SMARTS) is 1. The van der Waals surface area contributed by atoms with Crippen molar-refractivity contribution in [3.63, 3.8) is 0 Å². The van der Waals surface area contributed by atoms with Crippen molar-refractivity contribution in [1.29, 1.82) is 0 Å². The van der Waals surface area contributed by atoms with E-state index in [0.717, 1.165) is 0 Å². The minimum absolute atomic E-state index is 0.147. The number of hydrogen-bond donors (Lipinski definition) is 1. The first-order valence-electron chi connectivity index (χ1n) is 5.26. The Morgan fingerprint density at radius 1 is 1.39 bits per heavy atom. The van der Waals surface area contributed by atoms with Gasteiger partial charge in [-0.1, -0.05) is 0 Å². The zero-order valence-corrected chi connectivity index (χ0v) is 10.9. The molecular weight excluding hydrogens is 260 g/mol. The highest BCUT2D eigenvalue weighted by Crippen LogP contribution is 2.31. The van der Waals surface area contributed by atoms with Gasteiger partial charge in [0, 0.05) is 17.5 Å². The molecule has 1 unspecified atom stereocenters. The number of benzene rings is 1. The van der Waals surface area contributed by atoms with Crippen LogP contribution >= 0.6 is 11.6 Å². The molecule has 0 radical (unpaired) electrons. The van der Waals surface area contributed by atoms with E-state index >= 15 is 0 Å². The summed E-state index contributed by atoms with van der Waals surface area (Å²) in [6.45, 7) is 0.147. The molecule has 0 aliphatic heterocycles. The summed E-state index contributed by atoms with van der Waals surface area (Å²) in [6.07, 6.45) is -1.11. The van der Waals surface area contributed by atoms with Crippen molar-refractivity contribution >= 4 is 17.6 Å². The predicted octanol–water partition coefficient (Wildman–Crippen LogP) is 2.08. The maximum Gasteiger partial charge on any atom is 0.337 e. The molecule has 18 heavy (non-hydrogen) atoms. The smallest absolute Gasteiger partial charge is 0.337 e. The number of rotatable bonds is 7. The van der Waals surface area contributed by atoms with Crippen molar-refractivity contribution in [3.8, 4) is 11.5 Å². The molecule has 0 aliphatic carbocycles. The maximum absolute atomic E-state index is 11.2. The Morgan fingerprint density at radius 2 is 2.11 bits per heavy atom. The van der Waals surface area contributed by atoms with Gasteiger partial charge in [-0.05, 0) is 12.1 Å². The van der Waals surface area contributed by atoms with E-state index in [9.17, 15) is 4.79 Å². The van der Waals surface area contributed by atoms with Gasteiger partial charge in [-0.15, -0.1) is 11.6 Å². The first-order valence-corrected chi connectivity index (χ1v) is 5.79. The van der Waals surface area contributed by atoms with Crippen LogP contribution in [0.4, 0.5) is 0 Å². The Labute approximate surface area is 110 Å². The molecule has 1 aromatic rings. The number of carboxylic acids is 1. The summed E-state index contributed by atoms with van der Waals surface area (Å²) in [5, 5.41) is 9.14. The van der Waals surface area contributed by atoms with Crippen LogP contribution < -0.4 is 9.47 Å². The molecule has 0 saturated heterocycles. The molecule has 0 spiro atoms. The van der Waals surface area contributed by atoms with Crippen LogP contribution in [-0.2, 0) is 9.53 Å².